The lowest BCUT2D eigenvalue weighted by atomic mass is 9.96. The summed E-state index contributed by atoms with van der Waals surface area (Å²) in [5.41, 5.74) is 4.94. The summed E-state index contributed by atoms with van der Waals surface area (Å²) in [7, 11) is 0. The summed E-state index contributed by atoms with van der Waals surface area (Å²) in [6.07, 6.45) is 0.878. The number of hydrogen-bond acceptors (Lipinski definition) is 4. The van der Waals surface area contributed by atoms with Crippen molar-refractivity contribution in [2.75, 3.05) is 11.9 Å². The van der Waals surface area contributed by atoms with Crippen molar-refractivity contribution in [3.05, 3.63) is 33.9 Å². The highest BCUT2D eigenvalue weighted by Gasteiger charge is 2.33. The Morgan fingerprint density at radius 3 is 2.55 bits per heavy atom. The monoisotopic (exact) mass is 285 g/mol. The number of alkyl halides is 2. The summed E-state index contributed by atoms with van der Waals surface area (Å²) in [4.78, 5) is 9.99. The number of non-ortho nitro benzene ring substituents is 1. The van der Waals surface area contributed by atoms with Gasteiger partial charge in [-0.1, -0.05) is 12.8 Å². The van der Waals surface area contributed by atoms with Gasteiger partial charge >= 0.3 is 0 Å². The molecular formula is C13H17F2N3O2. The first-order valence-corrected chi connectivity index (χ1v) is 6.52. The van der Waals surface area contributed by atoms with E-state index in [1.165, 1.54) is 12.1 Å². The first-order valence-electron chi connectivity index (χ1n) is 6.52. The Kier molecular flexibility index (Phi) is 4.17. The van der Waals surface area contributed by atoms with E-state index in [0.717, 1.165) is 31.7 Å². The van der Waals surface area contributed by atoms with E-state index in [0.29, 0.717) is 6.54 Å². The number of rotatable bonds is 5. The molecule has 0 spiro atoms. The van der Waals surface area contributed by atoms with E-state index in [9.17, 15) is 18.9 Å². The summed E-state index contributed by atoms with van der Waals surface area (Å²) in [5.74, 6) is 0. The minimum atomic E-state index is -2.77. The van der Waals surface area contributed by atoms with Crippen molar-refractivity contribution in [1.29, 1.82) is 0 Å². The molecule has 0 atom stereocenters. The minimum absolute atomic E-state index is 0.234. The Labute approximate surface area is 115 Å². The summed E-state index contributed by atoms with van der Waals surface area (Å²) < 4.78 is 26.2. The minimum Gasteiger partial charge on any atom is -0.378 e. The maximum Gasteiger partial charge on any atom is 0.270 e. The van der Waals surface area contributed by atoms with Crippen molar-refractivity contribution in [3.8, 4) is 0 Å². The first kappa shape index (κ1) is 14.6. The summed E-state index contributed by atoms with van der Waals surface area (Å²) >= 11 is 0. The van der Waals surface area contributed by atoms with E-state index >= 15 is 0 Å². The Bertz CT molecular complexity index is 502. The molecule has 0 aromatic heterocycles. The van der Waals surface area contributed by atoms with E-state index in [1.807, 2.05) is 0 Å². The molecule has 7 heteroatoms. The topological polar surface area (TPSA) is 81.2 Å². The number of nitro benzene ring substituents is 1. The van der Waals surface area contributed by atoms with E-state index in [2.05, 4.69) is 5.32 Å². The number of nitrogens with zero attached hydrogens (tertiary/aromatic N) is 1. The molecule has 0 saturated heterocycles. The molecule has 0 unspecified atom stereocenters. The van der Waals surface area contributed by atoms with Gasteiger partial charge in [-0.15, -0.1) is 0 Å². The number of anilines is 1. The average Bonchev–Trinajstić information content (AvgIpc) is 2.88. The second kappa shape index (κ2) is 5.70. The lowest BCUT2D eigenvalue weighted by Crippen LogP contribution is -2.43. The molecule has 0 aliphatic heterocycles. The van der Waals surface area contributed by atoms with Crippen LogP contribution in [0.1, 0.15) is 37.7 Å². The number of benzene rings is 1. The highest BCUT2D eigenvalue weighted by molar-refractivity contribution is 5.58. The first-order chi connectivity index (χ1) is 9.47. The van der Waals surface area contributed by atoms with Crippen LogP contribution in [0, 0.1) is 10.1 Å². The van der Waals surface area contributed by atoms with Crippen LogP contribution in [0.5, 0.6) is 0 Å². The highest BCUT2D eigenvalue weighted by Crippen LogP contribution is 2.37. The molecular weight excluding hydrogens is 268 g/mol. The Hall–Kier alpha value is -1.76. The van der Waals surface area contributed by atoms with Gasteiger partial charge in [0, 0.05) is 35.5 Å². The molecule has 1 fully saturated rings. The van der Waals surface area contributed by atoms with Crippen molar-refractivity contribution >= 4 is 11.4 Å². The van der Waals surface area contributed by atoms with E-state index < -0.39 is 11.3 Å². The molecule has 110 valence electrons. The van der Waals surface area contributed by atoms with Crippen LogP contribution < -0.4 is 11.1 Å². The fraction of sp³-hybridized carbons (Fsp3) is 0.538. The fourth-order valence-electron chi connectivity index (χ4n) is 2.68. The van der Waals surface area contributed by atoms with Crippen molar-refractivity contribution in [2.24, 2.45) is 5.73 Å². The molecule has 3 N–H and O–H groups in total. The van der Waals surface area contributed by atoms with Gasteiger partial charge in [0.2, 0.25) is 0 Å². The number of hydrogen-bond donors (Lipinski definition) is 2. The van der Waals surface area contributed by atoms with Crippen LogP contribution in [-0.4, -0.2) is 17.0 Å². The number of nitrogens with one attached hydrogen (secondary N) is 1. The van der Waals surface area contributed by atoms with Crippen LogP contribution in [0.3, 0.4) is 0 Å². The van der Waals surface area contributed by atoms with Crippen LogP contribution in [0.4, 0.5) is 20.2 Å². The van der Waals surface area contributed by atoms with Crippen LogP contribution in [0.25, 0.3) is 0 Å². The van der Waals surface area contributed by atoms with Gasteiger partial charge < -0.3 is 11.1 Å². The second-order valence-corrected chi connectivity index (χ2v) is 5.15. The zero-order chi connectivity index (χ0) is 14.8. The van der Waals surface area contributed by atoms with Crippen LogP contribution >= 0.6 is 0 Å². The maximum absolute atomic E-state index is 13.1. The van der Waals surface area contributed by atoms with Gasteiger partial charge in [-0.25, -0.2) is 8.78 Å². The molecule has 0 amide bonds. The van der Waals surface area contributed by atoms with Crippen molar-refractivity contribution in [3.63, 3.8) is 0 Å². The van der Waals surface area contributed by atoms with Crippen LogP contribution in [-0.2, 0) is 0 Å². The lowest BCUT2D eigenvalue weighted by molar-refractivity contribution is -0.385. The molecule has 1 saturated carbocycles. The molecule has 20 heavy (non-hydrogen) atoms. The number of halogens is 2. The molecule has 0 bridgehead atoms. The average molecular weight is 285 g/mol. The molecule has 5 nitrogen and oxygen atoms in total. The Morgan fingerprint density at radius 2 is 2.05 bits per heavy atom. The summed E-state index contributed by atoms with van der Waals surface area (Å²) in [5, 5.41) is 13.8. The standard InChI is InChI=1S/C13H17F2N3O2/c14-12(15)10-7-9(18(19)20)3-4-11(10)17-13(8-16)5-1-2-6-13/h3-4,7,12,17H,1-2,5-6,8,16H2. The molecule has 0 radical (unpaired) electrons. The smallest absolute Gasteiger partial charge is 0.270 e. The largest absolute Gasteiger partial charge is 0.378 e. The summed E-state index contributed by atoms with van der Waals surface area (Å²) in [6.45, 7) is 0.354. The van der Waals surface area contributed by atoms with Gasteiger partial charge in [0.1, 0.15) is 0 Å². The van der Waals surface area contributed by atoms with Gasteiger partial charge in [-0.2, -0.15) is 0 Å². The third-order valence-electron chi connectivity index (χ3n) is 3.83. The van der Waals surface area contributed by atoms with E-state index in [1.54, 1.807) is 0 Å². The van der Waals surface area contributed by atoms with Crippen molar-refractivity contribution < 1.29 is 13.7 Å². The number of nitrogens with two attached hydrogens (primary N) is 1. The van der Waals surface area contributed by atoms with Gasteiger partial charge in [0.05, 0.1) is 4.92 Å². The van der Waals surface area contributed by atoms with Gasteiger partial charge in [-0.05, 0) is 18.9 Å². The zero-order valence-electron chi connectivity index (χ0n) is 10.9. The lowest BCUT2D eigenvalue weighted by Gasteiger charge is -2.31. The normalized spacial score (nSPS) is 17.4. The second-order valence-electron chi connectivity index (χ2n) is 5.15. The molecule has 1 aromatic carbocycles. The maximum atomic E-state index is 13.1. The van der Waals surface area contributed by atoms with E-state index in [4.69, 9.17) is 5.73 Å². The zero-order valence-corrected chi connectivity index (χ0v) is 10.9. The fourth-order valence-corrected chi connectivity index (χ4v) is 2.68. The Balaban J connectivity index is 2.33. The van der Waals surface area contributed by atoms with Crippen molar-refractivity contribution in [2.45, 2.75) is 37.6 Å². The number of nitro groups is 1. The molecule has 0 heterocycles. The van der Waals surface area contributed by atoms with Crippen LogP contribution in [0.15, 0.2) is 18.2 Å². The third-order valence-corrected chi connectivity index (χ3v) is 3.83. The third kappa shape index (κ3) is 2.87. The molecule has 1 aliphatic carbocycles. The van der Waals surface area contributed by atoms with Gasteiger partial charge in [0.15, 0.2) is 0 Å². The molecule has 1 aliphatic rings. The van der Waals surface area contributed by atoms with E-state index in [-0.39, 0.29) is 22.5 Å². The molecule has 1 aromatic rings. The summed E-state index contributed by atoms with van der Waals surface area (Å²) in [6, 6.07) is 3.49. The molecule has 2 rings (SSSR count). The SMILES string of the molecule is NCC1(Nc2ccc([N+](=O)[O-])cc2C(F)F)CCCC1. The van der Waals surface area contributed by atoms with Gasteiger partial charge in [0.25, 0.3) is 12.1 Å². The predicted octanol–water partition coefficient (Wildman–Crippen LogP) is 3.22. The predicted molar refractivity (Wildman–Crippen MR) is 71.9 cm³/mol. The van der Waals surface area contributed by atoms with Gasteiger partial charge in [-0.3, -0.25) is 10.1 Å². The Morgan fingerprint density at radius 1 is 1.40 bits per heavy atom. The quantitative estimate of drug-likeness (QED) is 0.643. The highest BCUT2D eigenvalue weighted by atomic mass is 19.3. The van der Waals surface area contributed by atoms with Crippen molar-refractivity contribution in [1.82, 2.24) is 0 Å². The van der Waals surface area contributed by atoms with Crippen LogP contribution in [0.2, 0.25) is 0 Å².